The molecule has 0 spiro atoms. The Morgan fingerprint density at radius 1 is 1.07 bits per heavy atom. The third-order valence-electron chi connectivity index (χ3n) is 4.62. The molecule has 2 atom stereocenters. The molecule has 1 aromatic rings. The lowest BCUT2D eigenvalue weighted by Gasteiger charge is -2.07. The second-order valence-electron chi connectivity index (χ2n) is 7.09. The SMILES string of the molecule is CCCCCCCCC(O)C=CC=Cc1ccc(C(O)CCCC(=O)OC)s1. The van der Waals surface area contributed by atoms with Gasteiger partial charge in [0.2, 0.25) is 0 Å². The highest BCUT2D eigenvalue weighted by Gasteiger charge is 2.11. The molecule has 28 heavy (non-hydrogen) atoms. The van der Waals surface area contributed by atoms with Crippen LogP contribution in [0.3, 0.4) is 0 Å². The summed E-state index contributed by atoms with van der Waals surface area (Å²) in [5, 5.41) is 20.2. The van der Waals surface area contributed by atoms with Crippen LogP contribution in [0.25, 0.3) is 6.08 Å². The first-order valence-electron chi connectivity index (χ1n) is 10.4. The van der Waals surface area contributed by atoms with Crippen molar-refractivity contribution in [2.24, 2.45) is 0 Å². The number of methoxy groups -OCH3 is 1. The first kappa shape index (κ1) is 24.6. The topological polar surface area (TPSA) is 66.8 Å². The van der Waals surface area contributed by atoms with Crippen LogP contribution in [0, 0.1) is 0 Å². The summed E-state index contributed by atoms with van der Waals surface area (Å²) in [6, 6.07) is 3.89. The molecule has 0 aromatic carbocycles. The van der Waals surface area contributed by atoms with Crippen LogP contribution in [0.15, 0.2) is 30.4 Å². The lowest BCUT2D eigenvalue weighted by atomic mass is 10.1. The smallest absolute Gasteiger partial charge is 0.305 e. The van der Waals surface area contributed by atoms with E-state index in [0.29, 0.717) is 19.3 Å². The molecule has 0 saturated heterocycles. The van der Waals surface area contributed by atoms with Gasteiger partial charge in [0.15, 0.2) is 0 Å². The zero-order valence-corrected chi connectivity index (χ0v) is 18.1. The number of rotatable bonds is 15. The molecule has 0 aliphatic heterocycles. The summed E-state index contributed by atoms with van der Waals surface area (Å²) in [6.45, 7) is 2.22. The molecule has 158 valence electrons. The number of aliphatic hydroxyl groups excluding tert-OH is 2. The van der Waals surface area contributed by atoms with Gasteiger partial charge in [-0.2, -0.15) is 0 Å². The molecule has 0 aliphatic rings. The molecule has 4 nitrogen and oxygen atoms in total. The molecular weight excluding hydrogens is 372 g/mol. The van der Waals surface area contributed by atoms with Crippen molar-refractivity contribution in [3.63, 3.8) is 0 Å². The maximum absolute atomic E-state index is 11.1. The summed E-state index contributed by atoms with van der Waals surface area (Å²) < 4.78 is 4.60. The number of carbonyl (C=O) groups is 1. The molecule has 2 N–H and O–H groups in total. The molecule has 0 fully saturated rings. The Labute approximate surface area is 173 Å². The number of aliphatic hydroxyl groups is 2. The van der Waals surface area contributed by atoms with Gasteiger partial charge in [-0.15, -0.1) is 11.3 Å². The van der Waals surface area contributed by atoms with Crippen molar-refractivity contribution in [3.8, 4) is 0 Å². The Kier molecular flexibility index (Phi) is 13.6. The lowest BCUT2D eigenvalue weighted by molar-refractivity contribution is -0.140. The number of esters is 1. The molecule has 0 aliphatic carbocycles. The van der Waals surface area contributed by atoms with Gasteiger partial charge in [-0.1, -0.05) is 63.7 Å². The van der Waals surface area contributed by atoms with Crippen molar-refractivity contribution in [3.05, 3.63) is 40.1 Å². The summed E-state index contributed by atoms with van der Waals surface area (Å²) in [5.74, 6) is -0.243. The standard InChI is InChI=1S/C23H36O4S/c1-3-4-5-6-7-8-12-19(24)13-9-10-14-20-17-18-22(28-20)21(25)15-11-16-23(26)27-2/h9-10,13-14,17-19,21,24-25H,3-8,11-12,15-16H2,1-2H3. The molecule has 0 radical (unpaired) electrons. The summed E-state index contributed by atoms with van der Waals surface area (Å²) in [4.78, 5) is 13.1. The number of allylic oxidation sites excluding steroid dienone is 2. The fraction of sp³-hybridized carbons (Fsp3) is 0.609. The van der Waals surface area contributed by atoms with Gasteiger partial charge in [-0.25, -0.2) is 0 Å². The normalized spacial score (nSPS) is 14.0. The average Bonchev–Trinajstić information content (AvgIpc) is 3.16. The van der Waals surface area contributed by atoms with E-state index in [9.17, 15) is 15.0 Å². The minimum absolute atomic E-state index is 0.243. The monoisotopic (exact) mass is 408 g/mol. The van der Waals surface area contributed by atoms with E-state index in [1.54, 1.807) is 0 Å². The fourth-order valence-corrected chi connectivity index (χ4v) is 3.84. The predicted octanol–water partition coefficient (Wildman–Crippen LogP) is 5.81. The Balaban J connectivity index is 2.27. The Morgan fingerprint density at radius 3 is 2.57 bits per heavy atom. The van der Waals surface area contributed by atoms with Crippen LogP contribution >= 0.6 is 11.3 Å². The van der Waals surface area contributed by atoms with E-state index in [2.05, 4.69) is 11.7 Å². The van der Waals surface area contributed by atoms with E-state index in [4.69, 9.17) is 0 Å². The number of hydrogen-bond acceptors (Lipinski definition) is 5. The van der Waals surface area contributed by atoms with Crippen LogP contribution < -0.4 is 0 Å². The van der Waals surface area contributed by atoms with Gasteiger partial charge in [0, 0.05) is 16.2 Å². The molecular formula is C23H36O4S. The highest BCUT2D eigenvalue weighted by molar-refractivity contribution is 7.12. The summed E-state index contributed by atoms with van der Waals surface area (Å²) in [7, 11) is 1.37. The van der Waals surface area contributed by atoms with Gasteiger partial charge < -0.3 is 14.9 Å². The Morgan fingerprint density at radius 2 is 1.82 bits per heavy atom. The van der Waals surface area contributed by atoms with Crippen molar-refractivity contribution in [1.29, 1.82) is 0 Å². The number of unbranched alkanes of at least 4 members (excludes halogenated alkanes) is 5. The van der Waals surface area contributed by atoms with Crippen LogP contribution in [-0.4, -0.2) is 29.4 Å². The van der Waals surface area contributed by atoms with E-state index < -0.39 is 6.10 Å². The van der Waals surface area contributed by atoms with E-state index >= 15 is 0 Å². The highest BCUT2D eigenvalue weighted by Crippen LogP contribution is 2.27. The first-order chi connectivity index (χ1) is 13.6. The van der Waals surface area contributed by atoms with E-state index in [0.717, 1.165) is 22.6 Å². The first-order valence-corrected chi connectivity index (χ1v) is 11.3. The van der Waals surface area contributed by atoms with Crippen molar-refractivity contribution in [1.82, 2.24) is 0 Å². The zero-order valence-electron chi connectivity index (χ0n) is 17.3. The molecule has 0 amide bonds. The minimum Gasteiger partial charge on any atom is -0.469 e. The van der Waals surface area contributed by atoms with Crippen LogP contribution in [0.1, 0.15) is 87.0 Å². The Bertz CT molecular complexity index is 591. The molecule has 0 saturated carbocycles. The predicted molar refractivity (Wildman–Crippen MR) is 117 cm³/mol. The molecule has 5 heteroatoms. The number of ether oxygens (including phenoxy) is 1. The third kappa shape index (κ3) is 11.4. The molecule has 2 unspecified atom stereocenters. The second kappa shape index (κ2) is 15.5. The maximum atomic E-state index is 11.1. The highest BCUT2D eigenvalue weighted by atomic mass is 32.1. The molecule has 0 bridgehead atoms. The lowest BCUT2D eigenvalue weighted by Crippen LogP contribution is -2.01. The number of thiophene rings is 1. The minimum atomic E-state index is -0.550. The second-order valence-corrected chi connectivity index (χ2v) is 8.24. The Hall–Kier alpha value is -1.43. The fourth-order valence-electron chi connectivity index (χ4n) is 2.89. The van der Waals surface area contributed by atoms with Crippen molar-refractivity contribution in [2.45, 2.75) is 83.3 Å². The molecule has 1 aromatic heterocycles. The van der Waals surface area contributed by atoms with Crippen molar-refractivity contribution < 1.29 is 19.7 Å². The summed E-state index contributed by atoms with van der Waals surface area (Å²) in [6.07, 6.45) is 16.4. The van der Waals surface area contributed by atoms with Crippen LogP contribution in [0.2, 0.25) is 0 Å². The van der Waals surface area contributed by atoms with Crippen LogP contribution in [-0.2, 0) is 9.53 Å². The van der Waals surface area contributed by atoms with Crippen LogP contribution in [0.5, 0.6) is 0 Å². The quantitative estimate of drug-likeness (QED) is 0.218. The van der Waals surface area contributed by atoms with Crippen LogP contribution in [0.4, 0.5) is 0 Å². The van der Waals surface area contributed by atoms with E-state index in [1.807, 2.05) is 36.4 Å². The molecule has 1 rings (SSSR count). The van der Waals surface area contributed by atoms with Crippen molar-refractivity contribution >= 4 is 23.4 Å². The van der Waals surface area contributed by atoms with Gasteiger partial charge in [-0.05, 0) is 37.5 Å². The average molecular weight is 409 g/mol. The number of hydrogen-bond donors (Lipinski definition) is 2. The van der Waals surface area contributed by atoms with Gasteiger partial charge >= 0.3 is 5.97 Å². The van der Waals surface area contributed by atoms with Gasteiger partial charge in [0.05, 0.1) is 19.3 Å². The van der Waals surface area contributed by atoms with Gasteiger partial charge in [0.25, 0.3) is 0 Å². The van der Waals surface area contributed by atoms with Gasteiger partial charge in [-0.3, -0.25) is 4.79 Å². The van der Waals surface area contributed by atoms with Gasteiger partial charge in [0.1, 0.15) is 0 Å². The zero-order chi connectivity index (χ0) is 20.6. The largest absolute Gasteiger partial charge is 0.469 e. The summed E-state index contributed by atoms with van der Waals surface area (Å²) in [5.41, 5.74) is 0. The van der Waals surface area contributed by atoms with E-state index in [-0.39, 0.29) is 12.1 Å². The molecule has 1 heterocycles. The summed E-state index contributed by atoms with van der Waals surface area (Å²) >= 11 is 1.54. The van der Waals surface area contributed by atoms with Crippen molar-refractivity contribution in [2.75, 3.05) is 7.11 Å². The maximum Gasteiger partial charge on any atom is 0.305 e. The third-order valence-corrected chi connectivity index (χ3v) is 5.77. The van der Waals surface area contributed by atoms with E-state index in [1.165, 1.54) is 50.6 Å². The number of carbonyl (C=O) groups excluding carboxylic acids is 1.